The summed E-state index contributed by atoms with van der Waals surface area (Å²) in [7, 11) is 0. The molecule has 1 aliphatic heterocycles. The van der Waals surface area contributed by atoms with Crippen LogP contribution >= 0.6 is 11.6 Å². The fourth-order valence-corrected chi connectivity index (χ4v) is 3.91. The molecule has 2 atom stereocenters. The molecule has 28 heavy (non-hydrogen) atoms. The maximum Gasteiger partial charge on any atom is 0.338 e. The first kappa shape index (κ1) is 18.3. The molecule has 0 N–H and O–H groups in total. The second-order valence-corrected chi connectivity index (χ2v) is 7.03. The average Bonchev–Trinajstić information content (AvgIpc) is 3.25. The summed E-state index contributed by atoms with van der Waals surface area (Å²) in [5.41, 5.74) is 1.77. The number of halogens is 1. The summed E-state index contributed by atoms with van der Waals surface area (Å²) in [5, 5.41) is 0. The Morgan fingerprint density at radius 3 is 2.43 bits per heavy atom. The summed E-state index contributed by atoms with van der Waals surface area (Å²) in [5.74, 6) is -0.0545. The third-order valence-electron chi connectivity index (χ3n) is 4.83. The van der Waals surface area contributed by atoms with E-state index in [1.165, 1.54) is 0 Å². The van der Waals surface area contributed by atoms with E-state index < -0.39 is 16.9 Å². The van der Waals surface area contributed by atoms with Crippen molar-refractivity contribution in [3.8, 4) is 0 Å². The monoisotopic (exact) mass is 395 g/mol. The summed E-state index contributed by atoms with van der Waals surface area (Å²) in [4.78, 5) is 25.4. The number of carbonyl (C=O) groups is 2. The second kappa shape index (κ2) is 7.17. The fourth-order valence-electron chi connectivity index (χ4n) is 3.49. The van der Waals surface area contributed by atoms with Crippen molar-refractivity contribution in [3.05, 3.63) is 89.9 Å². The zero-order chi connectivity index (χ0) is 19.7. The van der Waals surface area contributed by atoms with Crippen molar-refractivity contribution in [1.82, 2.24) is 0 Å². The number of ether oxygens (including phenoxy) is 1. The van der Waals surface area contributed by atoms with E-state index in [2.05, 4.69) is 0 Å². The number of amides is 1. The highest BCUT2D eigenvalue weighted by molar-refractivity contribution is 6.41. The van der Waals surface area contributed by atoms with E-state index >= 15 is 0 Å². The normalized spacial score (nSPS) is 21.3. The van der Waals surface area contributed by atoms with Gasteiger partial charge in [-0.2, -0.15) is 0 Å². The molecule has 1 aliphatic rings. The fraction of sp³-hybridized carbons (Fsp3) is 0.182. The van der Waals surface area contributed by atoms with Gasteiger partial charge in [-0.15, -0.1) is 11.6 Å². The Labute approximate surface area is 167 Å². The predicted molar refractivity (Wildman–Crippen MR) is 105 cm³/mol. The van der Waals surface area contributed by atoms with E-state index in [4.69, 9.17) is 20.8 Å². The number of hydrogen-bond acceptors (Lipinski definition) is 4. The first-order valence-electron chi connectivity index (χ1n) is 8.96. The van der Waals surface area contributed by atoms with Crippen molar-refractivity contribution in [2.45, 2.75) is 17.8 Å². The molecule has 1 fully saturated rings. The van der Waals surface area contributed by atoms with Gasteiger partial charge in [-0.25, -0.2) is 4.79 Å². The minimum absolute atomic E-state index is 0.245. The number of furan rings is 1. The van der Waals surface area contributed by atoms with E-state index in [1.807, 2.05) is 30.3 Å². The number of benzene rings is 2. The number of carbonyl (C=O) groups excluding carboxylic acids is 2. The molecule has 6 heteroatoms. The average molecular weight is 396 g/mol. The molecule has 1 aromatic heterocycles. The van der Waals surface area contributed by atoms with Gasteiger partial charge in [-0.05, 0) is 48.9 Å². The smallest absolute Gasteiger partial charge is 0.338 e. The first-order chi connectivity index (χ1) is 13.6. The Kier molecular flexibility index (Phi) is 4.69. The number of hydrogen-bond donors (Lipinski definition) is 0. The number of β-lactam (4-membered cyclic amide) rings is 1. The summed E-state index contributed by atoms with van der Waals surface area (Å²) in [6, 6.07) is 19.0. The van der Waals surface area contributed by atoms with Crippen molar-refractivity contribution in [2.75, 3.05) is 11.5 Å². The molecule has 1 saturated heterocycles. The van der Waals surface area contributed by atoms with Crippen LogP contribution in [0.5, 0.6) is 0 Å². The van der Waals surface area contributed by atoms with Crippen LogP contribution in [0, 0.1) is 0 Å². The number of nitrogens with zero attached hydrogens (tertiary/aromatic N) is 1. The third kappa shape index (κ3) is 2.79. The largest absolute Gasteiger partial charge is 0.467 e. The lowest BCUT2D eigenvalue weighted by atomic mass is 9.78. The number of alkyl halides is 1. The summed E-state index contributed by atoms with van der Waals surface area (Å²) in [6.45, 7) is 2.06. The van der Waals surface area contributed by atoms with E-state index in [-0.39, 0.29) is 5.91 Å². The van der Waals surface area contributed by atoms with E-state index in [9.17, 15) is 9.59 Å². The molecule has 0 saturated carbocycles. The van der Waals surface area contributed by atoms with Crippen molar-refractivity contribution in [1.29, 1.82) is 0 Å². The Morgan fingerprint density at radius 1 is 1.11 bits per heavy atom. The molecule has 3 aromatic rings. The van der Waals surface area contributed by atoms with Crippen molar-refractivity contribution < 1.29 is 18.7 Å². The van der Waals surface area contributed by atoms with Crippen LogP contribution in [0.15, 0.2) is 77.4 Å². The summed E-state index contributed by atoms with van der Waals surface area (Å²) >= 11 is 6.88. The maximum absolute atomic E-state index is 13.2. The second-order valence-electron chi connectivity index (χ2n) is 6.44. The molecule has 4 rings (SSSR count). The Bertz CT molecular complexity index is 985. The summed E-state index contributed by atoms with van der Waals surface area (Å²) < 4.78 is 10.6. The molecule has 5 nitrogen and oxygen atoms in total. The SMILES string of the molecule is CCOC(=O)c1ccc(N2C(=O)[C@](Cl)(c3ccccc3)[C@H]2c2ccco2)cc1. The van der Waals surface area contributed by atoms with Crippen LogP contribution in [0.1, 0.15) is 34.6 Å². The number of rotatable bonds is 5. The Balaban J connectivity index is 1.71. The topological polar surface area (TPSA) is 59.8 Å². The lowest BCUT2D eigenvalue weighted by Gasteiger charge is -2.51. The van der Waals surface area contributed by atoms with Crippen molar-refractivity contribution in [2.24, 2.45) is 0 Å². The van der Waals surface area contributed by atoms with Gasteiger partial charge < -0.3 is 9.15 Å². The highest BCUT2D eigenvalue weighted by Gasteiger charge is 2.63. The zero-order valence-electron chi connectivity index (χ0n) is 15.2. The predicted octanol–water partition coefficient (Wildman–Crippen LogP) is 4.68. The van der Waals surface area contributed by atoms with Crippen molar-refractivity contribution >= 4 is 29.2 Å². The molecule has 2 heterocycles. The quantitative estimate of drug-likeness (QED) is 0.357. The van der Waals surface area contributed by atoms with Crippen LogP contribution in [0.25, 0.3) is 0 Å². The number of esters is 1. The molecule has 0 unspecified atom stereocenters. The minimum atomic E-state index is -1.25. The van der Waals surface area contributed by atoms with Gasteiger partial charge in [0, 0.05) is 5.69 Å². The standard InChI is InChI=1S/C22H18ClNO4/c1-2-27-20(25)15-10-12-17(13-11-15)24-19(18-9-6-14-28-18)22(23,21(24)26)16-7-4-3-5-8-16/h3-14,19H,2H2,1H3/t19-,22+/m1/s1. The lowest BCUT2D eigenvalue weighted by molar-refractivity contribution is -0.129. The van der Waals surface area contributed by atoms with E-state index in [0.717, 1.165) is 0 Å². The molecule has 0 spiro atoms. The number of anilines is 1. The van der Waals surface area contributed by atoms with Gasteiger partial charge in [0.2, 0.25) is 0 Å². The molecular weight excluding hydrogens is 378 g/mol. The lowest BCUT2D eigenvalue weighted by Crippen LogP contribution is -2.63. The Morgan fingerprint density at radius 2 is 1.82 bits per heavy atom. The molecular formula is C22H18ClNO4. The molecule has 0 radical (unpaired) electrons. The van der Waals surface area contributed by atoms with Gasteiger partial charge in [0.15, 0.2) is 4.87 Å². The highest BCUT2D eigenvalue weighted by atomic mass is 35.5. The van der Waals surface area contributed by atoms with Gasteiger partial charge in [0.05, 0.1) is 18.4 Å². The molecule has 0 bridgehead atoms. The molecule has 0 aliphatic carbocycles. The Hall–Kier alpha value is -3.05. The van der Waals surface area contributed by atoms with Gasteiger partial charge in [-0.1, -0.05) is 30.3 Å². The zero-order valence-corrected chi connectivity index (χ0v) is 15.9. The van der Waals surface area contributed by atoms with E-state index in [0.29, 0.717) is 29.2 Å². The van der Waals surface area contributed by atoms with Gasteiger partial charge >= 0.3 is 5.97 Å². The third-order valence-corrected chi connectivity index (χ3v) is 5.41. The van der Waals surface area contributed by atoms with Gasteiger partial charge in [0.1, 0.15) is 11.8 Å². The minimum Gasteiger partial charge on any atom is -0.467 e. The van der Waals surface area contributed by atoms with Crippen LogP contribution in [0.2, 0.25) is 0 Å². The van der Waals surface area contributed by atoms with Crippen molar-refractivity contribution in [3.63, 3.8) is 0 Å². The van der Waals surface area contributed by atoms with E-state index in [1.54, 1.807) is 54.5 Å². The van der Waals surface area contributed by atoms with Crippen LogP contribution < -0.4 is 4.90 Å². The first-order valence-corrected chi connectivity index (χ1v) is 9.34. The highest BCUT2D eigenvalue weighted by Crippen LogP contribution is 2.56. The van der Waals surface area contributed by atoms with Crippen LogP contribution in [0.4, 0.5) is 5.69 Å². The van der Waals surface area contributed by atoms with Crippen LogP contribution in [-0.2, 0) is 14.4 Å². The maximum atomic E-state index is 13.2. The van der Waals surface area contributed by atoms with Gasteiger partial charge in [-0.3, -0.25) is 9.69 Å². The molecule has 2 aromatic carbocycles. The van der Waals surface area contributed by atoms with Crippen LogP contribution in [-0.4, -0.2) is 18.5 Å². The van der Waals surface area contributed by atoms with Gasteiger partial charge in [0.25, 0.3) is 5.91 Å². The van der Waals surface area contributed by atoms with Crippen LogP contribution in [0.3, 0.4) is 0 Å². The summed E-state index contributed by atoms with van der Waals surface area (Å²) in [6.07, 6.45) is 1.56. The molecule has 1 amide bonds. The molecule has 142 valence electrons.